The lowest BCUT2D eigenvalue weighted by molar-refractivity contribution is -0.115. The van der Waals surface area contributed by atoms with Crippen molar-refractivity contribution in [1.29, 1.82) is 0 Å². The Hall–Kier alpha value is -2.31. The fraction of sp³-hybridized carbons (Fsp3) is 0.0667. The van der Waals surface area contributed by atoms with Gasteiger partial charge >= 0.3 is 0 Å². The lowest BCUT2D eigenvalue weighted by atomic mass is 10.1. The van der Waals surface area contributed by atoms with Crippen molar-refractivity contribution in [3.63, 3.8) is 0 Å². The number of carbonyl (C=O) groups excluding carboxylic acids is 1. The van der Waals surface area contributed by atoms with Gasteiger partial charge in [0.15, 0.2) is 5.69 Å². The molecule has 94 valence electrons. The van der Waals surface area contributed by atoms with Crippen LogP contribution in [0.15, 0.2) is 48.5 Å². The Bertz CT molecular complexity index is 629. The average Bonchev–Trinajstić information content (AvgIpc) is 2.39. The summed E-state index contributed by atoms with van der Waals surface area (Å²) in [7, 11) is 0. The first-order chi connectivity index (χ1) is 9.17. The van der Waals surface area contributed by atoms with E-state index < -0.39 is 0 Å². The van der Waals surface area contributed by atoms with E-state index in [0.717, 1.165) is 5.56 Å². The highest BCUT2D eigenvalue weighted by atomic mass is 35.5. The highest BCUT2D eigenvalue weighted by Crippen LogP contribution is 2.16. The molecule has 1 amide bonds. The van der Waals surface area contributed by atoms with Crippen LogP contribution in [0.2, 0.25) is 5.02 Å². The maximum Gasteiger partial charge on any atom is 0.228 e. The van der Waals surface area contributed by atoms with Crippen molar-refractivity contribution in [2.45, 2.75) is 6.42 Å². The number of hydrogen-bond acceptors (Lipinski definition) is 1. The van der Waals surface area contributed by atoms with Gasteiger partial charge in [0.1, 0.15) is 0 Å². The molecule has 0 aromatic heterocycles. The van der Waals surface area contributed by atoms with Crippen LogP contribution in [0.5, 0.6) is 0 Å². The summed E-state index contributed by atoms with van der Waals surface area (Å²) in [5, 5.41) is 3.39. The number of hydrogen-bond donors (Lipinski definition) is 1. The molecule has 0 bridgehead atoms. The van der Waals surface area contributed by atoms with Crippen LogP contribution in [0.4, 0.5) is 11.4 Å². The topological polar surface area (TPSA) is 33.5 Å². The average molecular weight is 271 g/mol. The Morgan fingerprint density at radius 2 is 1.95 bits per heavy atom. The summed E-state index contributed by atoms with van der Waals surface area (Å²) in [5.41, 5.74) is 2.09. The fourth-order valence-electron chi connectivity index (χ4n) is 1.66. The molecule has 0 aliphatic carbocycles. The molecule has 0 saturated heterocycles. The molecule has 2 rings (SSSR count). The lowest BCUT2D eigenvalue weighted by Gasteiger charge is -2.05. The van der Waals surface area contributed by atoms with Crippen LogP contribution < -0.4 is 5.32 Å². The number of carbonyl (C=O) groups is 1. The second-order valence-electron chi connectivity index (χ2n) is 4.01. The summed E-state index contributed by atoms with van der Waals surface area (Å²) in [6, 6.07) is 14.0. The molecule has 1 N–H and O–H groups in total. The van der Waals surface area contributed by atoms with Crippen molar-refractivity contribution in [2.75, 3.05) is 5.32 Å². The Labute approximate surface area is 116 Å². The van der Waals surface area contributed by atoms with E-state index in [1.807, 2.05) is 12.1 Å². The molecule has 0 aliphatic heterocycles. The van der Waals surface area contributed by atoms with E-state index in [9.17, 15) is 4.79 Å². The third-order valence-electron chi connectivity index (χ3n) is 2.53. The van der Waals surface area contributed by atoms with Crippen LogP contribution in [-0.2, 0) is 11.2 Å². The van der Waals surface area contributed by atoms with E-state index >= 15 is 0 Å². The predicted molar refractivity (Wildman–Crippen MR) is 76.5 cm³/mol. The van der Waals surface area contributed by atoms with Gasteiger partial charge in [0.2, 0.25) is 5.91 Å². The van der Waals surface area contributed by atoms with Crippen LogP contribution >= 0.6 is 11.6 Å². The van der Waals surface area contributed by atoms with E-state index in [4.69, 9.17) is 18.2 Å². The predicted octanol–water partition coefficient (Wildman–Crippen LogP) is 4.07. The van der Waals surface area contributed by atoms with E-state index in [-0.39, 0.29) is 12.3 Å². The Morgan fingerprint density at radius 3 is 2.58 bits per heavy atom. The standard InChI is InChI=1S/C15H11ClN2O/c1-17-13-5-7-14(8-6-13)18-15(19)10-11-3-2-4-12(16)9-11/h2-9H,10H2,(H,18,19). The molecule has 0 aliphatic rings. The summed E-state index contributed by atoms with van der Waals surface area (Å²) in [6.45, 7) is 6.85. The number of amides is 1. The van der Waals surface area contributed by atoms with Gasteiger partial charge in [-0.2, -0.15) is 0 Å². The van der Waals surface area contributed by atoms with Gasteiger partial charge in [-0.1, -0.05) is 35.9 Å². The highest BCUT2D eigenvalue weighted by molar-refractivity contribution is 6.30. The van der Waals surface area contributed by atoms with Crippen LogP contribution in [-0.4, -0.2) is 5.91 Å². The van der Waals surface area contributed by atoms with Crippen molar-refractivity contribution in [2.24, 2.45) is 0 Å². The van der Waals surface area contributed by atoms with Crippen LogP contribution in [0.3, 0.4) is 0 Å². The first kappa shape index (κ1) is 13.1. The van der Waals surface area contributed by atoms with Crippen molar-refractivity contribution in [3.8, 4) is 0 Å². The number of nitrogens with one attached hydrogen (secondary N) is 1. The highest BCUT2D eigenvalue weighted by Gasteiger charge is 2.04. The number of nitrogens with zero attached hydrogens (tertiary/aromatic N) is 1. The second-order valence-corrected chi connectivity index (χ2v) is 4.45. The molecule has 0 unspecified atom stereocenters. The normalized spacial score (nSPS) is 9.68. The zero-order valence-corrected chi connectivity index (χ0v) is 10.8. The van der Waals surface area contributed by atoms with Gasteiger partial charge in [-0.15, -0.1) is 0 Å². The van der Waals surface area contributed by atoms with Crippen molar-refractivity contribution >= 4 is 28.9 Å². The summed E-state index contributed by atoms with van der Waals surface area (Å²) < 4.78 is 0. The molecule has 0 radical (unpaired) electrons. The molecule has 0 heterocycles. The Balaban J connectivity index is 1.99. The number of anilines is 1. The lowest BCUT2D eigenvalue weighted by Crippen LogP contribution is -2.14. The van der Waals surface area contributed by atoms with Crippen LogP contribution in [0.25, 0.3) is 4.85 Å². The molecule has 19 heavy (non-hydrogen) atoms. The van der Waals surface area contributed by atoms with Crippen LogP contribution in [0.1, 0.15) is 5.56 Å². The van der Waals surface area contributed by atoms with E-state index in [2.05, 4.69) is 10.2 Å². The minimum absolute atomic E-state index is 0.113. The maximum atomic E-state index is 11.8. The maximum absolute atomic E-state index is 11.8. The van der Waals surface area contributed by atoms with Gasteiger partial charge in [-0.3, -0.25) is 4.79 Å². The zero-order valence-electron chi connectivity index (χ0n) is 10.1. The first-order valence-corrected chi connectivity index (χ1v) is 6.07. The third kappa shape index (κ3) is 3.84. The minimum atomic E-state index is -0.113. The Kier molecular flexibility index (Phi) is 4.17. The Morgan fingerprint density at radius 1 is 1.21 bits per heavy atom. The zero-order chi connectivity index (χ0) is 13.7. The van der Waals surface area contributed by atoms with Crippen LogP contribution in [0, 0.1) is 6.57 Å². The largest absolute Gasteiger partial charge is 0.326 e. The summed E-state index contributed by atoms with van der Waals surface area (Å²) in [6.07, 6.45) is 0.269. The van der Waals surface area contributed by atoms with E-state index in [1.54, 1.807) is 36.4 Å². The minimum Gasteiger partial charge on any atom is -0.326 e. The summed E-state index contributed by atoms with van der Waals surface area (Å²) >= 11 is 5.86. The van der Waals surface area contributed by atoms with Crippen molar-refractivity contribution < 1.29 is 4.79 Å². The van der Waals surface area contributed by atoms with Gasteiger partial charge < -0.3 is 5.32 Å². The summed E-state index contributed by atoms with van der Waals surface area (Å²) in [5.74, 6) is -0.113. The fourth-order valence-corrected chi connectivity index (χ4v) is 1.87. The first-order valence-electron chi connectivity index (χ1n) is 5.69. The monoisotopic (exact) mass is 270 g/mol. The quantitative estimate of drug-likeness (QED) is 0.838. The molecule has 2 aromatic rings. The molecule has 0 spiro atoms. The van der Waals surface area contributed by atoms with Gasteiger partial charge in [0.05, 0.1) is 13.0 Å². The molecular formula is C15H11ClN2O. The second kappa shape index (κ2) is 6.03. The van der Waals surface area contributed by atoms with Crippen molar-refractivity contribution in [3.05, 3.63) is 70.5 Å². The van der Waals surface area contributed by atoms with E-state index in [0.29, 0.717) is 16.4 Å². The van der Waals surface area contributed by atoms with Gasteiger partial charge in [-0.05, 0) is 29.8 Å². The molecule has 0 atom stereocenters. The molecular weight excluding hydrogens is 260 g/mol. The van der Waals surface area contributed by atoms with Gasteiger partial charge in [-0.25, -0.2) is 4.85 Å². The van der Waals surface area contributed by atoms with Crippen molar-refractivity contribution in [1.82, 2.24) is 0 Å². The molecule has 0 fully saturated rings. The molecule has 3 nitrogen and oxygen atoms in total. The molecule has 2 aromatic carbocycles. The van der Waals surface area contributed by atoms with Gasteiger partial charge in [0.25, 0.3) is 0 Å². The number of halogens is 1. The third-order valence-corrected chi connectivity index (χ3v) is 2.77. The number of rotatable bonds is 3. The van der Waals surface area contributed by atoms with Gasteiger partial charge in [0, 0.05) is 10.7 Å². The summed E-state index contributed by atoms with van der Waals surface area (Å²) in [4.78, 5) is 15.1. The van der Waals surface area contributed by atoms with E-state index in [1.165, 1.54) is 0 Å². The molecule has 0 saturated carbocycles. The molecule has 4 heteroatoms. The number of benzene rings is 2. The smallest absolute Gasteiger partial charge is 0.228 e. The SMILES string of the molecule is [C-]#[N+]c1ccc(NC(=O)Cc2cccc(Cl)c2)cc1.